The molecule has 2 heterocycles. The minimum Gasteiger partial charge on any atom is -0.254 e. The Bertz CT molecular complexity index is 1140. The SMILES string of the molecule is C1CCC([PH+](C2CCCCC2)C2CCCCC2)CC1.CC(C)=C[CH]=[Ru]([Cl])[Cl].c1cnc2c(c1)ccc1cccnc12. The molecule has 3 fully saturated rings. The standard InChI is InChI=1S/C18H33P.C12H8N2.C5H8.2ClH.Ru/c1-4-10-16(11-5-1)19(17-12-6-2-7-13-17)18-14-8-3-9-15-18;1-3-9-5-6-10-4-2-8-14-12(10)11(9)13-7-1;1-4-5(2)3;;;/h16-18H,1-15H2;1-8H;1,4H,2-3H3;2*1H;/q;;;;;+2/p-1. The van der Waals surface area contributed by atoms with E-state index in [0.717, 1.165) is 21.8 Å². The van der Waals surface area contributed by atoms with Gasteiger partial charge in [0.2, 0.25) is 0 Å². The zero-order valence-electron chi connectivity index (χ0n) is 25.1. The fourth-order valence-corrected chi connectivity index (χ4v) is 13.7. The Morgan fingerprint density at radius 2 is 1.05 bits per heavy atom. The summed E-state index contributed by atoms with van der Waals surface area (Å²) in [7, 11) is 11.0. The van der Waals surface area contributed by atoms with E-state index in [1.807, 2.05) is 36.7 Å². The van der Waals surface area contributed by atoms with Gasteiger partial charge in [-0.2, -0.15) is 0 Å². The molecule has 0 saturated heterocycles. The molecule has 6 heteroatoms. The van der Waals surface area contributed by atoms with Crippen molar-refractivity contribution in [3.8, 4) is 0 Å². The van der Waals surface area contributed by atoms with Gasteiger partial charge in [0.05, 0.1) is 28.0 Å². The first-order valence-corrected chi connectivity index (χ1v) is 23.2. The van der Waals surface area contributed by atoms with Crippen LogP contribution < -0.4 is 0 Å². The summed E-state index contributed by atoms with van der Waals surface area (Å²) in [5.74, 6) is 0. The van der Waals surface area contributed by atoms with Gasteiger partial charge < -0.3 is 0 Å². The van der Waals surface area contributed by atoms with Crippen LogP contribution in [-0.4, -0.2) is 31.6 Å². The first-order valence-electron chi connectivity index (χ1n) is 15.9. The van der Waals surface area contributed by atoms with Crippen molar-refractivity contribution in [2.24, 2.45) is 0 Å². The van der Waals surface area contributed by atoms with Crippen LogP contribution in [0.3, 0.4) is 0 Å². The van der Waals surface area contributed by atoms with Crippen LogP contribution in [0.4, 0.5) is 0 Å². The maximum absolute atomic E-state index is 5.53. The molecule has 3 saturated carbocycles. The summed E-state index contributed by atoms with van der Waals surface area (Å²) in [5, 5.41) is 2.28. The van der Waals surface area contributed by atoms with Gasteiger partial charge in [0.1, 0.15) is 0 Å². The van der Waals surface area contributed by atoms with Crippen molar-refractivity contribution in [3.05, 3.63) is 60.4 Å². The van der Waals surface area contributed by atoms with E-state index in [-0.39, 0.29) is 7.92 Å². The Labute approximate surface area is 263 Å². The molecule has 0 unspecified atom stereocenters. The Kier molecular flexibility index (Phi) is 14.7. The summed E-state index contributed by atoms with van der Waals surface area (Å²) < 4.78 is 1.88. The number of benzene rings is 1. The number of allylic oxidation sites excluding steroid dienone is 2. The number of nitrogens with zero attached hydrogens (tertiary/aromatic N) is 2. The van der Waals surface area contributed by atoms with Gasteiger partial charge in [-0.15, -0.1) is 0 Å². The van der Waals surface area contributed by atoms with Crippen LogP contribution in [-0.2, 0) is 13.5 Å². The van der Waals surface area contributed by atoms with Crippen molar-refractivity contribution >= 4 is 53.7 Å². The largest absolute Gasteiger partial charge is 0.254 e. The molecule has 0 spiro atoms. The fraction of sp³-hybridized carbons (Fsp3) is 0.571. The zero-order valence-corrected chi connectivity index (χ0v) is 29.4. The summed E-state index contributed by atoms with van der Waals surface area (Å²) >= 11 is -1.52. The molecular formula is C35H50Cl2N2PRu+. The van der Waals surface area contributed by atoms with Gasteiger partial charge in [-0.25, -0.2) is 0 Å². The summed E-state index contributed by atoms with van der Waals surface area (Å²) in [6.45, 7) is 4.03. The molecule has 226 valence electrons. The number of aromatic nitrogens is 2. The molecule has 3 aromatic rings. The number of pyridine rings is 2. The molecular weight excluding hydrogens is 651 g/mol. The van der Waals surface area contributed by atoms with Crippen LogP contribution in [0, 0.1) is 0 Å². The molecule has 0 atom stereocenters. The van der Waals surface area contributed by atoms with Crippen molar-refractivity contribution in [1.82, 2.24) is 9.97 Å². The van der Waals surface area contributed by atoms with Gasteiger partial charge in [0.15, 0.2) is 0 Å². The second kappa shape index (κ2) is 18.2. The average molecular weight is 702 g/mol. The van der Waals surface area contributed by atoms with Crippen LogP contribution in [0.1, 0.15) is 110 Å². The molecule has 1 aromatic carbocycles. The first kappa shape index (κ1) is 33.2. The molecule has 0 bridgehead atoms. The fourth-order valence-electron chi connectivity index (χ4n) is 7.15. The Hall–Kier alpha value is -0.717. The third-order valence-electron chi connectivity index (χ3n) is 9.06. The van der Waals surface area contributed by atoms with Gasteiger partial charge in [0.25, 0.3) is 0 Å². The van der Waals surface area contributed by atoms with Crippen molar-refractivity contribution in [2.45, 2.75) is 127 Å². The summed E-state index contributed by atoms with van der Waals surface area (Å²) in [6, 6.07) is 12.1. The second-order valence-electron chi connectivity index (χ2n) is 12.3. The third-order valence-corrected chi connectivity index (χ3v) is 15.4. The molecule has 2 aromatic heterocycles. The smallest absolute Gasteiger partial charge is 0.0964 e. The van der Waals surface area contributed by atoms with Gasteiger partial charge in [-0.05, 0) is 89.2 Å². The van der Waals surface area contributed by atoms with Crippen LogP contribution in [0.5, 0.6) is 0 Å². The van der Waals surface area contributed by atoms with Crippen molar-refractivity contribution in [1.29, 1.82) is 0 Å². The maximum atomic E-state index is 5.53. The monoisotopic (exact) mass is 701 g/mol. The van der Waals surface area contributed by atoms with Crippen LogP contribution in [0.25, 0.3) is 21.8 Å². The van der Waals surface area contributed by atoms with Crippen LogP contribution >= 0.6 is 27.3 Å². The Balaban J connectivity index is 0.000000155. The Morgan fingerprint density at radius 3 is 1.37 bits per heavy atom. The number of hydrogen-bond donors (Lipinski definition) is 0. The van der Waals surface area contributed by atoms with E-state index < -0.39 is 13.5 Å². The van der Waals surface area contributed by atoms with Crippen LogP contribution in [0.15, 0.2) is 60.4 Å². The van der Waals surface area contributed by atoms with Crippen molar-refractivity contribution in [2.75, 3.05) is 0 Å². The van der Waals surface area contributed by atoms with Gasteiger partial charge in [-0.1, -0.05) is 43.5 Å². The van der Waals surface area contributed by atoms with Crippen LogP contribution in [0.2, 0.25) is 0 Å². The van der Waals surface area contributed by atoms with E-state index in [0.29, 0.717) is 0 Å². The molecule has 2 nitrogen and oxygen atoms in total. The molecule has 3 aliphatic carbocycles. The van der Waals surface area contributed by atoms with E-state index in [1.54, 1.807) is 109 Å². The summed E-state index contributed by atoms with van der Waals surface area (Å²) in [5.41, 5.74) is 6.88. The van der Waals surface area contributed by atoms with E-state index in [4.69, 9.17) is 19.4 Å². The van der Waals surface area contributed by atoms with Gasteiger partial charge in [0, 0.05) is 31.1 Å². The minimum atomic E-state index is -1.52. The average Bonchev–Trinajstić information content (AvgIpc) is 3.02. The van der Waals surface area contributed by atoms with Gasteiger partial charge >= 0.3 is 63.0 Å². The number of rotatable bonds is 4. The molecule has 0 aliphatic heterocycles. The minimum absolute atomic E-state index is 0.0465. The second-order valence-corrected chi connectivity index (χ2v) is 21.5. The third kappa shape index (κ3) is 10.7. The van der Waals surface area contributed by atoms with E-state index in [9.17, 15) is 0 Å². The molecule has 41 heavy (non-hydrogen) atoms. The molecule has 6 rings (SSSR count). The zero-order chi connectivity index (χ0) is 28.9. The predicted molar refractivity (Wildman–Crippen MR) is 183 cm³/mol. The normalized spacial score (nSPS) is 19.1. The number of halogens is 2. The number of fused-ring (bicyclic) bond motifs is 3. The number of hydrogen-bond acceptors (Lipinski definition) is 2. The quantitative estimate of drug-likeness (QED) is 0.154. The summed E-state index contributed by atoms with van der Waals surface area (Å²) in [6.07, 6.45) is 29.4. The van der Waals surface area contributed by atoms with Crippen molar-refractivity contribution < 1.29 is 13.5 Å². The summed E-state index contributed by atoms with van der Waals surface area (Å²) in [4.78, 5) is 8.69. The van der Waals surface area contributed by atoms with E-state index in [2.05, 4.69) is 34.2 Å². The Morgan fingerprint density at radius 1 is 0.659 bits per heavy atom. The van der Waals surface area contributed by atoms with E-state index >= 15 is 0 Å². The predicted octanol–water partition coefficient (Wildman–Crippen LogP) is 11.7. The molecule has 0 N–H and O–H groups in total. The topological polar surface area (TPSA) is 25.8 Å². The maximum Gasteiger partial charge on any atom is 0.0964 e. The first-order chi connectivity index (χ1) is 20.0. The van der Waals surface area contributed by atoms with Gasteiger partial charge in [-0.3, -0.25) is 9.97 Å². The van der Waals surface area contributed by atoms with Crippen molar-refractivity contribution in [3.63, 3.8) is 0 Å². The molecule has 0 amide bonds. The van der Waals surface area contributed by atoms with E-state index in [1.165, 1.54) is 22.6 Å². The molecule has 3 aliphatic rings. The molecule has 0 radical (unpaired) electrons.